The SMILES string of the molecule is CC[C@@H](C)NC(=O)[C@@H](CC)N(Cc1ccc(Cl)cc1)C(=O)COc1ccc2ccccc2c1Br. The zero-order chi connectivity index (χ0) is 24.7. The van der Waals surface area contributed by atoms with Gasteiger partial charge in [0.1, 0.15) is 11.8 Å². The van der Waals surface area contributed by atoms with Crippen LogP contribution in [0.2, 0.25) is 5.02 Å². The number of carbonyl (C=O) groups is 2. The van der Waals surface area contributed by atoms with Crippen molar-refractivity contribution in [2.75, 3.05) is 6.61 Å². The molecule has 0 spiro atoms. The molecule has 3 aromatic rings. The molecular formula is C27H30BrClN2O3. The molecule has 2 amide bonds. The fraction of sp³-hybridized carbons (Fsp3) is 0.333. The van der Waals surface area contributed by atoms with Gasteiger partial charge in [-0.15, -0.1) is 0 Å². The van der Waals surface area contributed by atoms with E-state index in [0.29, 0.717) is 17.2 Å². The molecule has 0 aromatic heterocycles. The Labute approximate surface area is 214 Å². The number of rotatable bonds is 10. The summed E-state index contributed by atoms with van der Waals surface area (Å²) < 4.78 is 6.73. The van der Waals surface area contributed by atoms with Crippen LogP contribution in [-0.2, 0) is 16.1 Å². The van der Waals surface area contributed by atoms with Gasteiger partial charge in [-0.3, -0.25) is 9.59 Å². The molecule has 0 aliphatic rings. The average Bonchev–Trinajstić information content (AvgIpc) is 2.84. The second kappa shape index (κ2) is 12.2. The first-order chi connectivity index (χ1) is 16.3. The second-order valence-corrected chi connectivity index (χ2v) is 9.51. The Bertz CT molecular complexity index is 1140. The molecule has 7 heteroatoms. The van der Waals surface area contributed by atoms with E-state index in [2.05, 4.69) is 21.2 Å². The lowest BCUT2D eigenvalue weighted by atomic mass is 10.1. The molecule has 1 N–H and O–H groups in total. The Balaban J connectivity index is 1.82. The van der Waals surface area contributed by atoms with E-state index in [9.17, 15) is 9.59 Å². The smallest absolute Gasteiger partial charge is 0.261 e. The summed E-state index contributed by atoms with van der Waals surface area (Å²) in [7, 11) is 0. The third-order valence-corrected chi connectivity index (χ3v) is 6.90. The number of nitrogens with one attached hydrogen (secondary N) is 1. The van der Waals surface area contributed by atoms with E-state index in [1.165, 1.54) is 0 Å². The van der Waals surface area contributed by atoms with E-state index in [-0.39, 0.29) is 31.0 Å². The summed E-state index contributed by atoms with van der Waals surface area (Å²) in [5.74, 6) is 0.155. The van der Waals surface area contributed by atoms with Gasteiger partial charge < -0.3 is 15.0 Å². The molecule has 5 nitrogen and oxygen atoms in total. The fourth-order valence-corrected chi connectivity index (χ4v) is 4.43. The standard InChI is InChI=1S/C27H30BrClN2O3/c1-4-18(3)30-27(33)23(5-2)31(16-19-10-13-21(29)14-11-19)25(32)17-34-24-15-12-20-8-6-7-9-22(20)26(24)28/h6-15,18,23H,4-5,16-17H2,1-3H3,(H,30,33)/t18-,23-/m1/s1. The average molecular weight is 546 g/mol. The van der Waals surface area contributed by atoms with Gasteiger partial charge >= 0.3 is 0 Å². The number of fused-ring (bicyclic) bond motifs is 1. The van der Waals surface area contributed by atoms with Crippen molar-refractivity contribution in [2.45, 2.75) is 52.2 Å². The monoisotopic (exact) mass is 544 g/mol. The first-order valence-corrected chi connectivity index (χ1v) is 12.6. The van der Waals surface area contributed by atoms with Crippen molar-refractivity contribution in [2.24, 2.45) is 0 Å². The number of hydrogen-bond acceptors (Lipinski definition) is 3. The lowest BCUT2D eigenvalue weighted by molar-refractivity contribution is -0.143. The van der Waals surface area contributed by atoms with Crippen LogP contribution in [0.5, 0.6) is 5.75 Å². The van der Waals surface area contributed by atoms with Crippen molar-refractivity contribution in [3.63, 3.8) is 0 Å². The molecule has 180 valence electrons. The van der Waals surface area contributed by atoms with Crippen LogP contribution in [0.1, 0.15) is 39.2 Å². The van der Waals surface area contributed by atoms with Crippen molar-refractivity contribution in [3.05, 3.63) is 75.7 Å². The van der Waals surface area contributed by atoms with Crippen LogP contribution in [0.15, 0.2) is 65.1 Å². The van der Waals surface area contributed by atoms with Crippen LogP contribution < -0.4 is 10.1 Å². The number of ether oxygens (including phenoxy) is 1. The van der Waals surface area contributed by atoms with Crippen LogP contribution in [0.25, 0.3) is 10.8 Å². The quantitative estimate of drug-likeness (QED) is 0.323. The minimum absolute atomic E-state index is 0.0267. The predicted molar refractivity (Wildman–Crippen MR) is 141 cm³/mol. The summed E-state index contributed by atoms with van der Waals surface area (Å²) in [6, 6.07) is 18.4. The molecule has 0 unspecified atom stereocenters. The maximum absolute atomic E-state index is 13.4. The Kier molecular flexibility index (Phi) is 9.36. The van der Waals surface area contributed by atoms with E-state index >= 15 is 0 Å². The van der Waals surface area contributed by atoms with Gasteiger partial charge in [0, 0.05) is 17.6 Å². The molecule has 0 aliphatic heterocycles. The highest BCUT2D eigenvalue weighted by molar-refractivity contribution is 9.10. The highest BCUT2D eigenvalue weighted by Crippen LogP contribution is 2.33. The number of benzene rings is 3. The Morgan fingerprint density at radius 2 is 1.74 bits per heavy atom. The van der Waals surface area contributed by atoms with E-state index in [0.717, 1.165) is 27.2 Å². The predicted octanol–water partition coefficient (Wildman–Crippen LogP) is 6.36. The molecule has 34 heavy (non-hydrogen) atoms. The van der Waals surface area contributed by atoms with Crippen molar-refractivity contribution in [1.29, 1.82) is 0 Å². The molecule has 2 atom stereocenters. The van der Waals surface area contributed by atoms with Gasteiger partial charge in [0.2, 0.25) is 5.91 Å². The van der Waals surface area contributed by atoms with Crippen molar-refractivity contribution >= 4 is 50.1 Å². The van der Waals surface area contributed by atoms with Crippen LogP contribution in [0.4, 0.5) is 0 Å². The first-order valence-electron chi connectivity index (χ1n) is 11.5. The van der Waals surface area contributed by atoms with Crippen LogP contribution in [0, 0.1) is 0 Å². The molecule has 0 bridgehead atoms. The van der Waals surface area contributed by atoms with Crippen molar-refractivity contribution in [1.82, 2.24) is 10.2 Å². The Morgan fingerprint density at radius 1 is 1.03 bits per heavy atom. The number of halogens is 2. The van der Waals surface area contributed by atoms with Gasteiger partial charge in [-0.25, -0.2) is 0 Å². The number of carbonyl (C=O) groups excluding carboxylic acids is 2. The molecule has 0 saturated carbocycles. The highest BCUT2D eigenvalue weighted by atomic mass is 79.9. The molecule has 0 aliphatic carbocycles. The number of nitrogens with zero attached hydrogens (tertiary/aromatic N) is 1. The van der Waals surface area contributed by atoms with Crippen LogP contribution >= 0.6 is 27.5 Å². The minimum Gasteiger partial charge on any atom is -0.483 e. The largest absolute Gasteiger partial charge is 0.483 e. The first kappa shape index (κ1) is 26.0. The topological polar surface area (TPSA) is 58.6 Å². The van der Waals surface area contributed by atoms with Crippen molar-refractivity contribution in [3.8, 4) is 5.75 Å². The fourth-order valence-electron chi connectivity index (χ4n) is 3.69. The van der Waals surface area contributed by atoms with E-state index in [1.807, 2.05) is 69.3 Å². The molecule has 0 heterocycles. The van der Waals surface area contributed by atoms with Gasteiger partial charge in [0.05, 0.1) is 4.47 Å². The van der Waals surface area contributed by atoms with E-state index in [1.54, 1.807) is 17.0 Å². The van der Waals surface area contributed by atoms with E-state index < -0.39 is 6.04 Å². The lowest BCUT2D eigenvalue weighted by Crippen LogP contribution is -2.51. The van der Waals surface area contributed by atoms with E-state index in [4.69, 9.17) is 16.3 Å². The van der Waals surface area contributed by atoms with Gasteiger partial charge in [0.25, 0.3) is 5.91 Å². The highest BCUT2D eigenvalue weighted by Gasteiger charge is 2.29. The number of hydrogen-bond donors (Lipinski definition) is 1. The third kappa shape index (κ3) is 6.51. The summed E-state index contributed by atoms with van der Waals surface area (Å²) in [4.78, 5) is 28.0. The van der Waals surface area contributed by atoms with Crippen LogP contribution in [0.3, 0.4) is 0 Å². The lowest BCUT2D eigenvalue weighted by Gasteiger charge is -2.31. The molecule has 3 aromatic carbocycles. The molecule has 0 radical (unpaired) electrons. The Hall–Kier alpha value is -2.57. The summed E-state index contributed by atoms with van der Waals surface area (Å²) in [5.41, 5.74) is 0.888. The zero-order valence-electron chi connectivity index (χ0n) is 19.7. The Morgan fingerprint density at radius 3 is 2.41 bits per heavy atom. The van der Waals surface area contributed by atoms with Gasteiger partial charge in [0.15, 0.2) is 6.61 Å². The molecule has 3 rings (SSSR count). The van der Waals surface area contributed by atoms with Gasteiger partial charge in [-0.1, -0.05) is 67.9 Å². The zero-order valence-corrected chi connectivity index (χ0v) is 22.0. The minimum atomic E-state index is -0.610. The molecular weight excluding hydrogens is 516 g/mol. The molecule has 0 saturated heterocycles. The van der Waals surface area contributed by atoms with Gasteiger partial charge in [-0.05, 0) is 70.2 Å². The summed E-state index contributed by atoms with van der Waals surface area (Å²) in [5, 5.41) is 5.71. The normalized spacial score (nSPS) is 12.7. The maximum atomic E-state index is 13.4. The van der Waals surface area contributed by atoms with Crippen molar-refractivity contribution < 1.29 is 14.3 Å². The maximum Gasteiger partial charge on any atom is 0.261 e. The summed E-state index contributed by atoms with van der Waals surface area (Å²) >= 11 is 9.63. The van der Waals surface area contributed by atoms with Crippen LogP contribution in [-0.4, -0.2) is 35.4 Å². The molecule has 0 fully saturated rings. The summed E-state index contributed by atoms with van der Waals surface area (Å²) in [6.07, 6.45) is 1.30. The third-order valence-electron chi connectivity index (χ3n) is 5.83. The van der Waals surface area contributed by atoms with Gasteiger partial charge in [-0.2, -0.15) is 0 Å². The second-order valence-electron chi connectivity index (χ2n) is 8.28. The number of amides is 2. The summed E-state index contributed by atoms with van der Waals surface area (Å²) in [6.45, 7) is 5.97.